The zero-order chi connectivity index (χ0) is 14.4. The Morgan fingerprint density at radius 2 is 2.20 bits per heavy atom. The second-order valence-electron chi connectivity index (χ2n) is 4.18. The van der Waals surface area contributed by atoms with E-state index in [4.69, 9.17) is 5.26 Å². The van der Waals surface area contributed by atoms with Gasteiger partial charge in [0.1, 0.15) is 11.8 Å². The van der Waals surface area contributed by atoms with Crippen LogP contribution in [0.2, 0.25) is 0 Å². The molecular weight excluding hydrogens is 318 g/mol. The summed E-state index contributed by atoms with van der Waals surface area (Å²) in [6, 6.07) is 12.9. The van der Waals surface area contributed by atoms with E-state index >= 15 is 0 Å². The van der Waals surface area contributed by atoms with Crippen molar-refractivity contribution in [3.05, 3.63) is 63.9 Å². The maximum atomic E-state index is 11.9. The second-order valence-corrected chi connectivity index (χ2v) is 5.09. The molecular formula is C15H12BrN3O. The smallest absolute Gasteiger partial charge is 0.251 e. The van der Waals surface area contributed by atoms with Crippen molar-refractivity contribution in [3.8, 4) is 6.07 Å². The molecule has 1 N–H and O–H groups in total. The summed E-state index contributed by atoms with van der Waals surface area (Å²) in [6.07, 6.45) is 2.21. The molecule has 0 aliphatic heterocycles. The standard InChI is InChI=1S/C15H12BrN3O/c16-13-3-1-2-11(8-13)4-6-19-15(20)12-5-7-18-14(9-12)10-17/h1-3,5,7-9H,4,6H2,(H,19,20). The number of carbonyl (C=O) groups is 1. The molecule has 1 amide bonds. The van der Waals surface area contributed by atoms with E-state index in [1.165, 1.54) is 12.3 Å². The molecule has 0 bridgehead atoms. The Kier molecular flexibility index (Phi) is 4.85. The molecule has 0 aliphatic carbocycles. The summed E-state index contributed by atoms with van der Waals surface area (Å²) in [5.74, 6) is -0.195. The summed E-state index contributed by atoms with van der Waals surface area (Å²) in [6.45, 7) is 0.541. The maximum absolute atomic E-state index is 11.9. The van der Waals surface area contributed by atoms with E-state index in [1.54, 1.807) is 6.07 Å². The number of hydrogen-bond donors (Lipinski definition) is 1. The molecule has 0 saturated carbocycles. The molecule has 20 heavy (non-hydrogen) atoms. The molecule has 0 fully saturated rings. The Morgan fingerprint density at radius 1 is 1.35 bits per heavy atom. The lowest BCUT2D eigenvalue weighted by molar-refractivity contribution is 0.0954. The normalized spacial score (nSPS) is 9.80. The quantitative estimate of drug-likeness (QED) is 0.937. The number of hydrogen-bond acceptors (Lipinski definition) is 3. The number of pyridine rings is 1. The van der Waals surface area contributed by atoms with Crippen LogP contribution >= 0.6 is 15.9 Å². The number of amides is 1. The molecule has 0 spiro atoms. The van der Waals surface area contributed by atoms with Gasteiger partial charge >= 0.3 is 0 Å². The zero-order valence-electron chi connectivity index (χ0n) is 10.6. The first-order valence-electron chi connectivity index (χ1n) is 6.08. The lowest BCUT2D eigenvalue weighted by Crippen LogP contribution is -2.25. The van der Waals surface area contributed by atoms with E-state index in [2.05, 4.69) is 26.2 Å². The zero-order valence-corrected chi connectivity index (χ0v) is 12.2. The number of carbonyl (C=O) groups excluding carboxylic acids is 1. The van der Waals surface area contributed by atoms with Gasteiger partial charge in [0.05, 0.1) is 0 Å². The molecule has 1 aromatic heterocycles. The van der Waals surface area contributed by atoms with Crippen molar-refractivity contribution in [2.75, 3.05) is 6.54 Å². The third-order valence-corrected chi connectivity index (χ3v) is 3.22. The third-order valence-electron chi connectivity index (χ3n) is 2.72. The van der Waals surface area contributed by atoms with E-state index in [0.29, 0.717) is 12.1 Å². The summed E-state index contributed by atoms with van der Waals surface area (Å²) in [7, 11) is 0. The first-order chi connectivity index (χ1) is 9.69. The SMILES string of the molecule is N#Cc1cc(C(=O)NCCc2cccc(Br)c2)ccn1. The van der Waals surface area contributed by atoms with Gasteiger partial charge in [-0.25, -0.2) is 4.98 Å². The van der Waals surface area contributed by atoms with Crippen LogP contribution in [0.4, 0.5) is 0 Å². The van der Waals surface area contributed by atoms with Crippen molar-refractivity contribution in [2.24, 2.45) is 0 Å². The molecule has 0 unspecified atom stereocenters. The Labute approximate surface area is 125 Å². The predicted octanol–water partition coefficient (Wildman–Crippen LogP) is 2.69. The van der Waals surface area contributed by atoms with Gasteiger partial charge < -0.3 is 5.32 Å². The van der Waals surface area contributed by atoms with Gasteiger partial charge in [-0.1, -0.05) is 28.1 Å². The van der Waals surface area contributed by atoms with Crippen molar-refractivity contribution in [2.45, 2.75) is 6.42 Å². The number of benzene rings is 1. The van der Waals surface area contributed by atoms with Crippen LogP contribution in [0.15, 0.2) is 47.1 Å². The predicted molar refractivity (Wildman–Crippen MR) is 79.1 cm³/mol. The molecule has 100 valence electrons. The summed E-state index contributed by atoms with van der Waals surface area (Å²) in [5, 5.41) is 11.6. The van der Waals surface area contributed by atoms with E-state index in [1.807, 2.05) is 30.3 Å². The van der Waals surface area contributed by atoms with Gasteiger partial charge in [-0.15, -0.1) is 0 Å². The fraction of sp³-hybridized carbons (Fsp3) is 0.133. The van der Waals surface area contributed by atoms with E-state index in [0.717, 1.165) is 16.5 Å². The minimum Gasteiger partial charge on any atom is -0.352 e. The van der Waals surface area contributed by atoms with Crippen LogP contribution in [0.25, 0.3) is 0 Å². The third kappa shape index (κ3) is 3.90. The lowest BCUT2D eigenvalue weighted by Gasteiger charge is -2.06. The number of aromatic nitrogens is 1. The molecule has 5 heteroatoms. The Hall–Kier alpha value is -2.19. The van der Waals surface area contributed by atoms with Gasteiger partial charge in [-0.05, 0) is 36.2 Å². The van der Waals surface area contributed by atoms with E-state index in [9.17, 15) is 4.79 Å². The average Bonchev–Trinajstić information content (AvgIpc) is 2.47. The summed E-state index contributed by atoms with van der Waals surface area (Å²) in [5.41, 5.74) is 1.84. The Bertz CT molecular complexity index is 664. The molecule has 2 aromatic rings. The molecule has 2 rings (SSSR count). The first-order valence-corrected chi connectivity index (χ1v) is 6.87. The highest BCUT2D eigenvalue weighted by atomic mass is 79.9. The number of nitrogens with zero attached hydrogens (tertiary/aromatic N) is 2. The first kappa shape index (κ1) is 14.2. The van der Waals surface area contributed by atoms with E-state index in [-0.39, 0.29) is 11.6 Å². The fourth-order valence-corrected chi connectivity index (χ4v) is 2.19. The minimum absolute atomic E-state index is 0.195. The molecule has 1 heterocycles. The van der Waals surface area contributed by atoms with Gasteiger partial charge in [0.25, 0.3) is 5.91 Å². The van der Waals surface area contributed by atoms with Crippen molar-refractivity contribution in [1.82, 2.24) is 10.3 Å². The number of nitriles is 1. The van der Waals surface area contributed by atoms with Crippen molar-refractivity contribution in [3.63, 3.8) is 0 Å². The van der Waals surface area contributed by atoms with Crippen molar-refractivity contribution < 1.29 is 4.79 Å². The van der Waals surface area contributed by atoms with Gasteiger partial charge in [0.15, 0.2) is 0 Å². The summed E-state index contributed by atoms with van der Waals surface area (Å²) < 4.78 is 1.02. The molecule has 0 saturated heterocycles. The van der Waals surface area contributed by atoms with Crippen molar-refractivity contribution in [1.29, 1.82) is 5.26 Å². The molecule has 0 radical (unpaired) electrons. The monoisotopic (exact) mass is 329 g/mol. The molecule has 1 aromatic carbocycles. The number of rotatable bonds is 4. The van der Waals surface area contributed by atoms with Crippen LogP contribution in [-0.4, -0.2) is 17.4 Å². The topological polar surface area (TPSA) is 65.8 Å². The van der Waals surface area contributed by atoms with Crippen LogP contribution in [0.5, 0.6) is 0 Å². The van der Waals surface area contributed by atoms with Crippen LogP contribution in [0.3, 0.4) is 0 Å². The van der Waals surface area contributed by atoms with Gasteiger partial charge in [-0.2, -0.15) is 5.26 Å². The van der Waals surface area contributed by atoms with Crippen LogP contribution < -0.4 is 5.32 Å². The average molecular weight is 330 g/mol. The highest BCUT2D eigenvalue weighted by Gasteiger charge is 2.06. The summed E-state index contributed by atoms with van der Waals surface area (Å²) >= 11 is 3.41. The van der Waals surface area contributed by atoms with Crippen LogP contribution in [0.1, 0.15) is 21.6 Å². The Balaban J connectivity index is 1.91. The van der Waals surface area contributed by atoms with Crippen LogP contribution in [-0.2, 0) is 6.42 Å². The molecule has 0 atom stereocenters. The molecule has 0 aliphatic rings. The van der Waals surface area contributed by atoms with E-state index < -0.39 is 0 Å². The van der Waals surface area contributed by atoms with Gasteiger partial charge in [-0.3, -0.25) is 4.79 Å². The fourth-order valence-electron chi connectivity index (χ4n) is 1.75. The minimum atomic E-state index is -0.195. The highest BCUT2D eigenvalue weighted by molar-refractivity contribution is 9.10. The number of nitrogens with one attached hydrogen (secondary N) is 1. The molecule has 4 nitrogen and oxygen atoms in total. The largest absolute Gasteiger partial charge is 0.352 e. The van der Waals surface area contributed by atoms with Gasteiger partial charge in [0.2, 0.25) is 0 Å². The van der Waals surface area contributed by atoms with Gasteiger partial charge in [0, 0.05) is 22.8 Å². The maximum Gasteiger partial charge on any atom is 0.251 e. The highest BCUT2D eigenvalue weighted by Crippen LogP contribution is 2.11. The summed E-state index contributed by atoms with van der Waals surface area (Å²) in [4.78, 5) is 15.7. The van der Waals surface area contributed by atoms with Crippen LogP contribution in [0, 0.1) is 11.3 Å². The van der Waals surface area contributed by atoms with Crippen molar-refractivity contribution >= 4 is 21.8 Å². The lowest BCUT2D eigenvalue weighted by atomic mass is 10.1. The second kappa shape index (κ2) is 6.83. The number of halogens is 1. The Morgan fingerprint density at radius 3 is 2.95 bits per heavy atom.